The first-order valence-corrected chi connectivity index (χ1v) is 7.58. The van der Waals surface area contributed by atoms with Gasteiger partial charge in [-0.1, -0.05) is 72.8 Å². The Bertz CT molecular complexity index is 878. The van der Waals surface area contributed by atoms with Gasteiger partial charge in [0.15, 0.2) is 5.58 Å². The molecule has 0 amide bonds. The average molecular weight is 297 g/mol. The number of fused-ring (bicyclic) bond motifs is 1. The predicted octanol–water partition coefficient (Wildman–Crippen LogP) is 5.42. The Labute approximate surface area is 134 Å². The molecule has 0 saturated heterocycles. The third-order valence-corrected chi connectivity index (χ3v) is 3.75. The molecule has 4 aromatic rings. The maximum atomic E-state index is 5.85. The smallest absolute Gasteiger partial charge is 0.220 e. The summed E-state index contributed by atoms with van der Waals surface area (Å²) < 4.78 is 5.85. The van der Waals surface area contributed by atoms with Gasteiger partial charge in [0.2, 0.25) is 5.89 Å². The molecule has 0 spiro atoms. The van der Waals surface area contributed by atoms with Crippen molar-refractivity contribution >= 4 is 22.7 Å². The lowest BCUT2D eigenvalue weighted by atomic mass is 9.98. The molecule has 0 radical (unpaired) electrons. The largest absolute Gasteiger partial charge is 0.437 e. The topological polar surface area (TPSA) is 26.0 Å². The first-order chi connectivity index (χ1) is 11.4. The van der Waals surface area contributed by atoms with Crippen LogP contribution < -0.4 is 0 Å². The van der Waals surface area contributed by atoms with Crippen LogP contribution >= 0.6 is 0 Å². The van der Waals surface area contributed by atoms with Crippen LogP contribution in [0.1, 0.15) is 17.0 Å². The van der Waals surface area contributed by atoms with E-state index in [4.69, 9.17) is 4.42 Å². The van der Waals surface area contributed by atoms with Crippen LogP contribution in [0, 0.1) is 0 Å². The van der Waals surface area contributed by atoms with E-state index < -0.39 is 0 Å². The Morgan fingerprint density at radius 2 is 1.26 bits per heavy atom. The van der Waals surface area contributed by atoms with Crippen molar-refractivity contribution in [3.05, 3.63) is 102 Å². The van der Waals surface area contributed by atoms with E-state index in [1.165, 1.54) is 0 Å². The van der Waals surface area contributed by atoms with Crippen LogP contribution in [-0.2, 0) is 0 Å². The summed E-state index contributed by atoms with van der Waals surface area (Å²) in [6.07, 6.45) is 2.00. The second-order valence-electron chi connectivity index (χ2n) is 5.31. The van der Waals surface area contributed by atoms with Crippen molar-refractivity contribution in [3.63, 3.8) is 0 Å². The summed E-state index contributed by atoms with van der Waals surface area (Å²) in [5.41, 5.74) is 5.05. The Morgan fingerprint density at radius 3 is 1.87 bits per heavy atom. The summed E-state index contributed by atoms with van der Waals surface area (Å²) in [6.45, 7) is 0. The van der Waals surface area contributed by atoms with E-state index in [2.05, 4.69) is 29.2 Å². The quantitative estimate of drug-likeness (QED) is 0.505. The minimum absolute atomic E-state index is 0.619. The molecule has 1 aromatic heterocycles. The molecular weight excluding hydrogens is 282 g/mol. The molecule has 110 valence electrons. The zero-order valence-electron chi connectivity index (χ0n) is 12.5. The van der Waals surface area contributed by atoms with Gasteiger partial charge in [-0.05, 0) is 28.8 Å². The third-order valence-electron chi connectivity index (χ3n) is 3.75. The number of oxazole rings is 1. The highest BCUT2D eigenvalue weighted by Crippen LogP contribution is 2.26. The molecule has 0 fully saturated rings. The fraction of sp³-hybridized carbons (Fsp3) is 0. The van der Waals surface area contributed by atoms with Gasteiger partial charge in [-0.15, -0.1) is 0 Å². The van der Waals surface area contributed by atoms with Crippen LogP contribution in [0.25, 0.3) is 22.7 Å². The molecule has 1 heterocycles. The number of nitrogens with zero attached hydrogens (tertiary/aromatic N) is 1. The highest BCUT2D eigenvalue weighted by Gasteiger charge is 2.08. The predicted molar refractivity (Wildman–Crippen MR) is 93.9 cm³/mol. The van der Waals surface area contributed by atoms with Crippen LogP contribution in [0.2, 0.25) is 0 Å². The number of hydrogen-bond acceptors (Lipinski definition) is 2. The van der Waals surface area contributed by atoms with Crippen LogP contribution in [0.15, 0.2) is 89.3 Å². The van der Waals surface area contributed by atoms with Crippen LogP contribution in [0.3, 0.4) is 0 Å². The lowest BCUT2D eigenvalue weighted by molar-refractivity contribution is 0.589. The van der Waals surface area contributed by atoms with E-state index in [1.54, 1.807) is 0 Å². The van der Waals surface area contributed by atoms with Crippen LogP contribution in [0.4, 0.5) is 0 Å². The zero-order chi connectivity index (χ0) is 15.5. The van der Waals surface area contributed by atoms with Crippen molar-refractivity contribution in [2.75, 3.05) is 0 Å². The molecular formula is C21H15NO. The van der Waals surface area contributed by atoms with Crippen molar-refractivity contribution < 1.29 is 4.42 Å². The number of benzene rings is 3. The van der Waals surface area contributed by atoms with Crippen molar-refractivity contribution in [3.8, 4) is 0 Å². The molecule has 0 saturated carbocycles. The maximum absolute atomic E-state index is 5.85. The normalized spacial score (nSPS) is 10.6. The molecule has 2 heteroatoms. The van der Waals surface area contributed by atoms with Gasteiger partial charge < -0.3 is 4.42 Å². The number of rotatable bonds is 3. The summed E-state index contributed by atoms with van der Waals surface area (Å²) in [6, 6.07) is 28.4. The Morgan fingerprint density at radius 1 is 0.696 bits per heavy atom. The minimum Gasteiger partial charge on any atom is -0.437 e. The monoisotopic (exact) mass is 297 g/mol. The van der Waals surface area contributed by atoms with E-state index in [0.29, 0.717) is 5.89 Å². The zero-order valence-corrected chi connectivity index (χ0v) is 12.5. The van der Waals surface area contributed by atoms with Gasteiger partial charge >= 0.3 is 0 Å². The Balaban J connectivity index is 1.87. The van der Waals surface area contributed by atoms with Gasteiger partial charge in [0.05, 0.1) is 0 Å². The van der Waals surface area contributed by atoms with E-state index in [1.807, 2.05) is 66.7 Å². The highest BCUT2D eigenvalue weighted by atomic mass is 16.3. The van der Waals surface area contributed by atoms with Crippen LogP contribution in [-0.4, -0.2) is 4.98 Å². The van der Waals surface area contributed by atoms with Gasteiger partial charge in [0.25, 0.3) is 0 Å². The van der Waals surface area contributed by atoms with E-state index in [0.717, 1.165) is 27.8 Å². The van der Waals surface area contributed by atoms with E-state index in [-0.39, 0.29) is 0 Å². The van der Waals surface area contributed by atoms with Gasteiger partial charge in [0.1, 0.15) is 5.52 Å². The molecule has 2 nitrogen and oxygen atoms in total. The number of hydrogen-bond donors (Lipinski definition) is 0. The summed E-state index contributed by atoms with van der Waals surface area (Å²) in [4.78, 5) is 4.56. The molecule has 0 bridgehead atoms. The fourth-order valence-electron chi connectivity index (χ4n) is 2.64. The highest BCUT2D eigenvalue weighted by molar-refractivity contribution is 5.90. The van der Waals surface area contributed by atoms with Crippen molar-refractivity contribution in [2.45, 2.75) is 0 Å². The molecule has 0 aliphatic carbocycles. The SMILES string of the molecule is C(=C(c1ccccc1)c1ccccc1)c1nc2ccccc2o1. The first-order valence-electron chi connectivity index (χ1n) is 7.58. The van der Waals surface area contributed by atoms with E-state index in [9.17, 15) is 0 Å². The molecule has 0 unspecified atom stereocenters. The van der Waals surface area contributed by atoms with E-state index >= 15 is 0 Å². The van der Waals surface area contributed by atoms with Gasteiger partial charge in [-0.3, -0.25) is 0 Å². The maximum Gasteiger partial charge on any atom is 0.220 e. The first kappa shape index (κ1) is 13.5. The molecule has 23 heavy (non-hydrogen) atoms. The standard InChI is InChI=1S/C21H15NO/c1-3-9-16(10-4-1)18(17-11-5-2-6-12-17)15-21-22-19-13-7-8-14-20(19)23-21/h1-15H. The van der Waals surface area contributed by atoms with Crippen molar-refractivity contribution in [2.24, 2.45) is 0 Å². The molecule has 0 aliphatic rings. The summed E-state index contributed by atoms with van der Waals surface area (Å²) in [5.74, 6) is 0.619. The molecule has 4 rings (SSSR count). The van der Waals surface area contributed by atoms with Crippen molar-refractivity contribution in [1.82, 2.24) is 4.98 Å². The lowest BCUT2D eigenvalue weighted by Gasteiger charge is -2.07. The molecule has 3 aromatic carbocycles. The summed E-state index contributed by atoms with van der Waals surface area (Å²) in [5, 5.41) is 0. The Kier molecular flexibility index (Phi) is 3.49. The third kappa shape index (κ3) is 2.79. The minimum atomic E-state index is 0.619. The number of aromatic nitrogens is 1. The molecule has 0 N–H and O–H groups in total. The number of para-hydroxylation sites is 2. The van der Waals surface area contributed by atoms with Gasteiger partial charge in [0, 0.05) is 6.08 Å². The van der Waals surface area contributed by atoms with Gasteiger partial charge in [-0.25, -0.2) is 4.98 Å². The van der Waals surface area contributed by atoms with Crippen LogP contribution in [0.5, 0.6) is 0 Å². The second-order valence-corrected chi connectivity index (χ2v) is 5.31. The fourth-order valence-corrected chi connectivity index (χ4v) is 2.64. The van der Waals surface area contributed by atoms with Crippen molar-refractivity contribution in [1.29, 1.82) is 0 Å². The summed E-state index contributed by atoms with van der Waals surface area (Å²) >= 11 is 0. The lowest BCUT2D eigenvalue weighted by Crippen LogP contribution is -1.87. The average Bonchev–Trinajstić information content (AvgIpc) is 3.04. The Hall–Kier alpha value is -3.13. The summed E-state index contributed by atoms with van der Waals surface area (Å²) in [7, 11) is 0. The second kappa shape index (κ2) is 5.93. The molecule has 0 atom stereocenters. The van der Waals surface area contributed by atoms with Gasteiger partial charge in [-0.2, -0.15) is 0 Å². The molecule has 0 aliphatic heterocycles.